The maximum absolute atomic E-state index is 9.91. The Morgan fingerprint density at radius 2 is 1.88 bits per heavy atom. The molecule has 0 aromatic rings. The van der Waals surface area contributed by atoms with Crippen LogP contribution in [0.4, 0.5) is 0 Å². The number of hydrogen-bond acceptors (Lipinski definition) is 2. The van der Waals surface area contributed by atoms with Crippen LogP contribution in [0, 0.1) is 0 Å². The van der Waals surface area contributed by atoms with Crippen LogP contribution in [0.2, 0.25) is 13.1 Å². The summed E-state index contributed by atoms with van der Waals surface area (Å²) < 4.78 is 19.8. The van der Waals surface area contributed by atoms with Crippen LogP contribution in [0.1, 0.15) is 0 Å². The van der Waals surface area contributed by atoms with Gasteiger partial charge < -0.3 is 0 Å². The first-order valence-electron chi connectivity index (χ1n) is 2.05. The van der Waals surface area contributed by atoms with Crippen molar-refractivity contribution in [3.63, 3.8) is 0 Å². The van der Waals surface area contributed by atoms with Gasteiger partial charge in [-0.05, 0) is 0 Å². The molecule has 0 saturated carbocycles. The van der Waals surface area contributed by atoms with E-state index in [4.69, 9.17) is 11.1 Å². The van der Waals surface area contributed by atoms with Crippen molar-refractivity contribution in [1.82, 2.24) is 0 Å². The highest BCUT2D eigenvalue weighted by atomic mass is 35.6. The lowest BCUT2D eigenvalue weighted by molar-refractivity contribution is 0.627. The van der Waals surface area contributed by atoms with Gasteiger partial charge in [-0.15, -0.1) is 0 Å². The summed E-state index contributed by atoms with van der Waals surface area (Å²) in [4.78, 5) is 1.18. The molecule has 0 aliphatic heterocycles. The molecule has 5 heteroatoms. The van der Waals surface area contributed by atoms with Crippen LogP contribution in [-0.2, 0) is 10.3 Å². The van der Waals surface area contributed by atoms with E-state index < -0.39 is 17.7 Å². The molecule has 0 bridgehead atoms. The Balaban J connectivity index is 4.34. The summed E-state index contributed by atoms with van der Waals surface area (Å²) in [5.41, 5.74) is 0. The van der Waals surface area contributed by atoms with Gasteiger partial charge in [0.05, 0.1) is 0 Å². The van der Waals surface area contributed by atoms with E-state index in [1.54, 1.807) is 13.1 Å². The lowest BCUT2D eigenvalue weighted by Crippen LogP contribution is -2.18. The largest absolute Gasteiger partial charge is 0.207 e. The molecule has 0 unspecified atom stereocenters. The zero-order chi connectivity index (χ0) is 6.78. The first-order valence-corrected chi connectivity index (χ1v) is 7.27. The maximum atomic E-state index is 9.91. The lowest BCUT2D eigenvalue weighted by atomic mass is 11.8. The van der Waals surface area contributed by atoms with Crippen molar-refractivity contribution < 1.29 is 8.42 Å². The molecule has 0 aromatic heterocycles. The van der Waals surface area contributed by atoms with E-state index in [0.717, 1.165) is 0 Å². The third kappa shape index (κ3) is 6.20. The number of halogens is 1. The van der Waals surface area contributed by atoms with Crippen LogP contribution in [0.15, 0.2) is 0 Å². The Morgan fingerprint density at radius 3 is 1.88 bits per heavy atom. The second kappa shape index (κ2) is 2.66. The van der Waals surface area contributed by atoms with Gasteiger partial charge in [0.25, 0.3) is 0 Å². The molecule has 8 heavy (non-hydrogen) atoms. The van der Waals surface area contributed by atoms with Gasteiger partial charge in [0.15, 0.2) is 7.38 Å². The number of rotatable bonds is 1. The molecule has 2 nitrogen and oxygen atoms in total. The van der Waals surface area contributed by atoms with E-state index >= 15 is 0 Å². The van der Waals surface area contributed by atoms with Crippen molar-refractivity contribution in [2.45, 2.75) is 13.1 Å². The third-order valence-corrected chi connectivity index (χ3v) is 4.19. The Morgan fingerprint density at radius 1 is 1.50 bits per heavy atom. The van der Waals surface area contributed by atoms with E-state index in [0.29, 0.717) is 0 Å². The summed E-state index contributed by atoms with van der Waals surface area (Å²) in [6.07, 6.45) is 0. The van der Waals surface area contributed by atoms with Crippen molar-refractivity contribution in [2.24, 2.45) is 0 Å². The standard InChI is InChI=1S/C3H7ClO2SSi/c1-8(2,4)3-7(5)6/h3H,1-2H3. The molecule has 0 aromatic carbocycles. The molecule has 0 spiro atoms. The summed E-state index contributed by atoms with van der Waals surface area (Å²) in [6, 6.07) is 0. The van der Waals surface area contributed by atoms with E-state index in [1.165, 1.54) is 4.99 Å². The molecule has 48 valence electrons. The molecular formula is C3H7ClO2SSi. The van der Waals surface area contributed by atoms with Crippen LogP contribution >= 0.6 is 11.1 Å². The van der Waals surface area contributed by atoms with E-state index in [9.17, 15) is 8.42 Å². The van der Waals surface area contributed by atoms with Gasteiger partial charge >= 0.3 is 0 Å². The van der Waals surface area contributed by atoms with Crippen molar-refractivity contribution in [1.29, 1.82) is 0 Å². The highest BCUT2D eigenvalue weighted by Gasteiger charge is 2.12. The Hall–Kier alpha value is 0.197. The van der Waals surface area contributed by atoms with Crippen LogP contribution in [-0.4, -0.2) is 20.8 Å². The van der Waals surface area contributed by atoms with Gasteiger partial charge in [-0.2, -0.15) is 19.5 Å². The fraction of sp³-hybridized carbons (Fsp3) is 0.667. The summed E-state index contributed by atoms with van der Waals surface area (Å²) in [5.74, 6) is 0. The van der Waals surface area contributed by atoms with Crippen LogP contribution in [0.25, 0.3) is 0 Å². The molecule has 0 heterocycles. The van der Waals surface area contributed by atoms with Crippen molar-refractivity contribution in [3.8, 4) is 0 Å². The SMILES string of the molecule is C[Si](C)(Cl)C=S(=O)=O. The molecule has 0 aliphatic carbocycles. The zero-order valence-electron chi connectivity index (χ0n) is 4.68. The van der Waals surface area contributed by atoms with Gasteiger partial charge in [0.2, 0.25) is 10.3 Å². The van der Waals surface area contributed by atoms with Crippen molar-refractivity contribution in [2.75, 3.05) is 0 Å². The third-order valence-electron chi connectivity index (χ3n) is 0.376. The molecule has 0 saturated heterocycles. The fourth-order valence-electron chi connectivity index (χ4n) is 0.229. The topological polar surface area (TPSA) is 34.1 Å². The molecule has 0 atom stereocenters. The average Bonchev–Trinajstić information content (AvgIpc) is 1.21. The smallest absolute Gasteiger partial charge is 0.185 e. The summed E-state index contributed by atoms with van der Waals surface area (Å²) in [5, 5.41) is 0. The maximum Gasteiger partial charge on any atom is 0.207 e. The van der Waals surface area contributed by atoms with Gasteiger partial charge in [-0.3, -0.25) is 0 Å². The first kappa shape index (κ1) is 8.20. The minimum absolute atomic E-state index is 1.18. The number of hydrogen-bond donors (Lipinski definition) is 0. The molecule has 0 amide bonds. The molecule has 0 rings (SSSR count). The predicted molar refractivity (Wildman–Crippen MR) is 38.3 cm³/mol. The molecule has 0 aliphatic rings. The van der Waals surface area contributed by atoms with Crippen LogP contribution < -0.4 is 0 Å². The second-order valence-electron chi connectivity index (χ2n) is 1.94. The summed E-state index contributed by atoms with van der Waals surface area (Å²) in [7, 11) is -4.07. The molecule has 0 N–H and O–H groups in total. The zero-order valence-corrected chi connectivity index (χ0v) is 7.25. The van der Waals surface area contributed by atoms with E-state index in [-0.39, 0.29) is 0 Å². The van der Waals surface area contributed by atoms with Crippen molar-refractivity contribution in [3.05, 3.63) is 0 Å². The van der Waals surface area contributed by atoms with Gasteiger partial charge in [-0.25, -0.2) is 0 Å². The monoisotopic (exact) mass is 170 g/mol. The van der Waals surface area contributed by atoms with E-state index in [2.05, 4.69) is 0 Å². The van der Waals surface area contributed by atoms with Crippen LogP contribution in [0.5, 0.6) is 0 Å². The highest BCUT2D eigenvalue weighted by Crippen LogP contribution is 2.01. The highest BCUT2D eigenvalue weighted by molar-refractivity contribution is 7.78. The summed E-state index contributed by atoms with van der Waals surface area (Å²) >= 11 is 5.62. The fourth-order valence-corrected chi connectivity index (χ4v) is 2.71. The van der Waals surface area contributed by atoms with Crippen molar-refractivity contribution >= 4 is 33.7 Å². The van der Waals surface area contributed by atoms with Gasteiger partial charge in [0.1, 0.15) is 0 Å². The van der Waals surface area contributed by atoms with Gasteiger partial charge in [-0.1, -0.05) is 13.1 Å². The first-order chi connectivity index (χ1) is 3.42. The second-order valence-corrected chi connectivity index (χ2v) is 9.46. The molecular weight excluding hydrogens is 164 g/mol. The van der Waals surface area contributed by atoms with E-state index in [1.807, 2.05) is 0 Å². The Bertz CT molecular complexity index is 180. The minimum atomic E-state index is -2.08. The Kier molecular flexibility index (Phi) is 2.72. The normalized spacial score (nSPS) is 10.9. The molecule has 0 fully saturated rings. The average molecular weight is 171 g/mol. The lowest BCUT2D eigenvalue weighted by Gasteiger charge is -1.98. The van der Waals surface area contributed by atoms with Crippen LogP contribution in [0.3, 0.4) is 0 Å². The predicted octanol–water partition coefficient (Wildman–Crippen LogP) is 0.651. The Labute approximate surface area is 55.7 Å². The van der Waals surface area contributed by atoms with Gasteiger partial charge in [0, 0.05) is 4.99 Å². The summed E-state index contributed by atoms with van der Waals surface area (Å²) in [6.45, 7) is 3.48. The molecule has 0 radical (unpaired) electrons. The quantitative estimate of drug-likeness (QED) is 0.329. The minimum Gasteiger partial charge on any atom is -0.185 e.